The van der Waals surface area contributed by atoms with Crippen LogP contribution in [0.25, 0.3) is 5.69 Å². The summed E-state index contributed by atoms with van der Waals surface area (Å²) in [5.41, 5.74) is -0.727. The highest BCUT2D eigenvalue weighted by molar-refractivity contribution is 5.47. The Labute approximate surface area is 104 Å². The second-order valence-electron chi connectivity index (χ2n) is 5.64. The second-order valence-corrected chi connectivity index (χ2v) is 5.64. The van der Waals surface area contributed by atoms with E-state index in [2.05, 4.69) is 5.27 Å². The zero-order valence-electron chi connectivity index (χ0n) is 10.5. The van der Waals surface area contributed by atoms with Crippen molar-refractivity contribution >= 4 is 0 Å². The molecule has 2 N–H and O–H groups in total. The lowest BCUT2D eigenvalue weighted by molar-refractivity contribution is -0.676. The van der Waals surface area contributed by atoms with Crippen molar-refractivity contribution in [3.63, 3.8) is 0 Å². The van der Waals surface area contributed by atoms with Crippen molar-refractivity contribution in [3.8, 4) is 5.69 Å². The summed E-state index contributed by atoms with van der Waals surface area (Å²) in [4.78, 5) is 11.9. The zero-order valence-corrected chi connectivity index (χ0v) is 10.5. The van der Waals surface area contributed by atoms with Crippen LogP contribution in [0.15, 0.2) is 33.6 Å². The van der Waals surface area contributed by atoms with Crippen LogP contribution in [0.2, 0.25) is 0 Å². The summed E-state index contributed by atoms with van der Waals surface area (Å²) in [7, 11) is 0. The summed E-state index contributed by atoms with van der Waals surface area (Å²) in [5.74, 6) is 0. The fraction of sp³-hybridized carbons (Fsp3) is 0.385. The van der Waals surface area contributed by atoms with Crippen molar-refractivity contribution in [2.45, 2.75) is 26.4 Å². The van der Waals surface area contributed by atoms with Crippen LogP contribution in [0.1, 0.15) is 32.0 Å². The minimum Gasteiger partial charge on any atom is -0.374 e. The normalized spacial score (nSPS) is 21.8. The van der Waals surface area contributed by atoms with E-state index in [1.807, 2.05) is 45.0 Å². The van der Waals surface area contributed by atoms with Crippen molar-refractivity contribution in [2.75, 3.05) is 0 Å². The summed E-state index contributed by atoms with van der Waals surface area (Å²) < 4.78 is 6.32. The molecule has 5 nitrogen and oxygen atoms in total. The molecule has 18 heavy (non-hydrogen) atoms. The number of H-pyrrole nitrogens is 1. The maximum atomic E-state index is 11.9. The summed E-state index contributed by atoms with van der Waals surface area (Å²) in [5, 5.41) is 13.6. The minimum absolute atomic E-state index is 0.233. The van der Waals surface area contributed by atoms with Gasteiger partial charge in [0.05, 0.1) is 5.56 Å². The monoisotopic (exact) mass is 247 g/mol. The molecule has 3 rings (SSSR count). The number of para-hydroxylation sites is 1. The Morgan fingerprint density at radius 3 is 2.67 bits per heavy atom. The van der Waals surface area contributed by atoms with E-state index in [1.165, 1.54) is 4.68 Å². The third-order valence-electron chi connectivity index (χ3n) is 3.61. The average molecular weight is 247 g/mol. The summed E-state index contributed by atoms with van der Waals surface area (Å²) >= 11 is 0. The topological polar surface area (TPSA) is 70.1 Å². The van der Waals surface area contributed by atoms with E-state index >= 15 is 0 Å². The van der Waals surface area contributed by atoms with E-state index < -0.39 is 16.6 Å². The van der Waals surface area contributed by atoms with Gasteiger partial charge < -0.3 is 5.11 Å². The first kappa shape index (κ1) is 11.2. The molecule has 1 aromatic carbocycles. The molecule has 5 heteroatoms. The predicted octanol–water partition coefficient (Wildman–Crippen LogP) is 0.840. The summed E-state index contributed by atoms with van der Waals surface area (Å²) in [6.45, 7) is 5.68. The molecule has 0 radical (unpaired) electrons. The number of hydrogen-bond donors (Lipinski definition) is 2. The van der Waals surface area contributed by atoms with Crippen LogP contribution in [-0.4, -0.2) is 10.4 Å². The van der Waals surface area contributed by atoms with Crippen molar-refractivity contribution in [3.05, 3.63) is 45.9 Å². The standard InChI is InChI=1S/C13H14N2O3/c1-12(2,3)13(17)8-6-4-5-7-9(8)15-10(13)11(16)18-14-15/h4-7,17H,1-3H3/p+1. The molecular formula is C13H15N2O3+. The van der Waals surface area contributed by atoms with E-state index in [-0.39, 0.29) is 5.69 Å². The average Bonchev–Trinajstić information content (AvgIpc) is 2.80. The van der Waals surface area contributed by atoms with Gasteiger partial charge in [-0.05, 0) is 16.0 Å². The number of nitrogens with one attached hydrogen (secondary N) is 1. The van der Waals surface area contributed by atoms with Crippen LogP contribution in [0.4, 0.5) is 0 Å². The fourth-order valence-corrected chi connectivity index (χ4v) is 2.61. The second kappa shape index (κ2) is 3.11. The summed E-state index contributed by atoms with van der Waals surface area (Å²) in [6, 6.07) is 7.38. The maximum Gasteiger partial charge on any atom is 0.434 e. The Morgan fingerprint density at radius 1 is 1.33 bits per heavy atom. The van der Waals surface area contributed by atoms with Gasteiger partial charge in [-0.15, -0.1) is 0 Å². The van der Waals surface area contributed by atoms with Gasteiger partial charge in [-0.25, -0.2) is 4.79 Å². The molecule has 0 amide bonds. The van der Waals surface area contributed by atoms with Gasteiger partial charge in [0.2, 0.25) is 5.69 Å². The third kappa shape index (κ3) is 1.09. The number of aliphatic hydroxyl groups is 1. The molecule has 0 saturated carbocycles. The Bertz CT molecular complexity index is 678. The maximum absolute atomic E-state index is 11.9. The van der Waals surface area contributed by atoms with Gasteiger partial charge in [-0.2, -0.15) is 0 Å². The zero-order chi connectivity index (χ0) is 13.1. The van der Waals surface area contributed by atoms with Gasteiger partial charge in [0.1, 0.15) is 0 Å². The van der Waals surface area contributed by atoms with Gasteiger partial charge in [-0.3, -0.25) is 4.52 Å². The number of nitrogens with zero attached hydrogens (tertiary/aromatic N) is 1. The lowest BCUT2D eigenvalue weighted by atomic mass is 9.71. The van der Waals surface area contributed by atoms with Crippen LogP contribution in [0.3, 0.4) is 0 Å². The van der Waals surface area contributed by atoms with Crippen molar-refractivity contribution in [1.29, 1.82) is 0 Å². The SMILES string of the molecule is CC(C)(C)C1(O)c2ccccc2-[n+]2[nH]oc(=O)c21. The number of rotatable bonds is 0. The highest BCUT2D eigenvalue weighted by Crippen LogP contribution is 2.46. The van der Waals surface area contributed by atoms with Crippen molar-refractivity contribution < 1.29 is 14.3 Å². The van der Waals surface area contributed by atoms with E-state index in [1.54, 1.807) is 0 Å². The fourth-order valence-electron chi connectivity index (χ4n) is 2.61. The van der Waals surface area contributed by atoms with Gasteiger partial charge in [0.15, 0.2) is 5.60 Å². The molecule has 1 aliphatic rings. The van der Waals surface area contributed by atoms with Crippen molar-refractivity contribution in [2.24, 2.45) is 5.41 Å². The molecule has 0 spiro atoms. The van der Waals surface area contributed by atoms with Crippen molar-refractivity contribution in [1.82, 2.24) is 5.27 Å². The molecule has 1 aliphatic heterocycles. The highest BCUT2D eigenvalue weighted by Gasteiger charge is 2.60. The lowest BCUT2D eigenvalue weighted by Gasteiger charge is -2.32. The Hall–Kier alpha value is -1.88. The lowest BCUT2D eigenvalue weighted by Crippen LogP contribution is -2.46. The Morgan fingerprint density at radius 2 is 2.00 bits per heavy atom. The molecule has 1 atom stereocenters. The van der Waals surface area contributed by atoms with Crippen LogP contribution in [0.5, 0.6) is 0 Å². The molecule has 0 bridgehead atoms. The number of benzene rings is 1. The highest BCUT2D eigenvalue weighted by atomic mass is 16.5. The molecule has 1 aromatic heterocycles. The van der Waals surface area contributed by atoms with Crippen LogP contribution >= 0.6 is 0 Å². The molecule has 94 valence electrons. The number of aromatic nitrogens is 2. The number of aromatic amines is 1. The Balaban J connectivity index is 2.47. The molecule has 0 fully saturated rings. The molecule has 1 unspecified atom stereocenters. The first-order valence-corrected chi connectivity index (χ1v) is 5.83. The number of hydrogen-bond acceptors (Lipinski definition) is 3. The van der Waals surface area contributed by atoms with E-state index in [4.69, 9.17) is 4.52 Å². The van der Waals surface area contributed by atoms with Gasteiger partial charge in [0, 0.05) is 11.5 Å². The number of fused-ring (bicyclic) bond motifs is 3. The minimum atomic E-state index is -1.36. The van der Waals surface area contributed by atoms with Gasteiger partial charge >= 0.3 is 11.3 Å². The molecule has 2 aromatic rings. The molecule has 0 aliphatic carbocycles. The smallest absolute Gasteiger partial charge is 0.374 e. The largest absolute Gasteiger partial charge is 0.434 e. The van der Waals surface area contributed by atoms with Crippen LogP contribution < -0.4 is 10.3 Å². The van der Waals surface area contributed by atoms with E-state index in [0.29, 0.717) is 0 Å². The van der Waals surface area contributed by atoms with E-state index in [9.17, 15) is 9.90 Å². The summed E-state index contributed by atoms with van der Waals surface area (Å²) in [6.07, 6.45) is 0. The molecular weight excluding hydrogens is 232 g/mol. The quantitative estimate of drug-likeness (QED) is 0.678. The van der Waals surface area contributed by atoms with Crippen LogP contribution in [-0.2, 0) is 5.60 Å². The van der Waals surface area contributed by atoms with Gasteiger partial charge in [0.25, 0.3) is 0 Å². The predicted molar refractivity (Wildman–Crippen MR) is 63.3 cm³/mol. The third-order valence-corrected chi connectivity index (χ3v) is 3.61. The molecule has 2 heterocycles. The first-order chi connectivity index (χ1) is 8.37. The first-order valence-electron chi connectivity index (χ1n) is 5.83. The Kier molecular flexibility index (Phi) is 1.94. The van der Waals surface area contributed by atoms with Gasteiger partial charge in [-0.1, -0.05) is 32.9 Å². The van der Waals surface area contributed by atoms with E-state index in [0.717, 1.165) is 11.3 Å². The van der Waals surface area contributed by atoms with Crippen LogP contribution in [0, 0.1) is 5.41 Å². The molecule has 0 saturated heterocycles.